The van der Waals surface area contributed by atoms with Crippen LogP contribution in [0, 0.1) is 23.3 Å². The van der Waals surface area contributed by atoms with Crippen LogP contribution in [-0.2, 0) is 0 Å². The second kappa shape index (κ2) is 11.0. The van der Waals surface area contributed by atoms with Crippen LogP contribution < -0.4 is 4.90 Å². The topological polar surface area (TPSA) is 31.4 Å². The highest BCUT2D eigenvalue weighted by Crippen LogP contribution is 2.44. The molecule has 4 rings (SSSR count). The summed E-state index contributed by atoms with van der Waals surface area (Å²) in [5, 5.41) is 9.39. The highest BCUT2D eigenvalue weighted by molar-refractivity contribution is 8.07. The Morgan fingerprint density at radius 1 is 0.833 bits per heavy atom. The summed E-state index contributed by atoms with van der Waals surface area (Å²) < 4.78 is 0. The predicted octanol–water partition coefficient (Wildman–Crippen LogP) is 9.43. The van der Waals surface area contributed by atoms with Crippen LogP contribution in [0.1, 0.15) is 26.3 Å². The van der Waals surface area contributed by atoms with Crippen LogP contribution >= 0.6 is 11.8 Å². The van der Waals surface area contributed by atoms with E-state index in [9.17, 15) is 5.26 Å². The Labute approximate surface area is 218 Å². The third-order valence-electron chi connectivity index (χ3n) is 5.66. The molecule has 0 atom stereocenters. The van der Waals surface area contributed by atoms with Gasteiger partial charge in [-0.05, 0) is 63.9 Å². The lowest BCUT2D eigenvalue weighted by Crippen LogP contribution is -2.09. The number of thioether (sulfide) groups is 1. The van der Waals surface area contributed by atoms with Crippen molar-refractivity contribution in [3.8, 4) is 6.07 Å². The van der Waals surface area contributed by atoms with Gasteiger partial charge < -0.3 is 4.90 Å². The largest absolute Gasteiger partial charge is 0.311 e. The molecule has 1 aliphatic rings. The van der Waals surface area contributed by atoms with E-state index < -0.39 is 0 Å². The molecule has 0 N–H and O–H groups in total. The molecule has 1 aliphatic heterocycles. The summed E-state index contributed by atoms with van der Waals surface area (Å²) in [5.74, 6) is 0. The zero-order valence-electron chi connectivity index (χ0n) is 20.6. The Morgan fingerprint density at radius 3 is 1.89 bits per heavy atom. The molecule has 0 amide bonds. The number of para-hydroxylation sites is 2. The molecular weight excluding hydrogens is 458 g/mol. The van der Waals surface area contributed by atoms with Crippen molar-refractivity contribution < 1.29 is 0 Å². The van der Waals surface area contributed by atoms with E-state index in [1.165, 1.54) is 0 Å². The number of allylic oxidation sites excluding steroid dienone is 6. The summed E-state index contributed by atoms with van der Waals surface area (Å²) in [4.78, 5) is 7.79. The fraction of sp³-hybridized carbons (Fsp3) is 0.125. The quantitative estimate of drug-likeness (QED) is 0.266. The molecule has 0 aliphatic carbocycles. The molecule has 3 aromatic rings. The molecule has 3 aromatic carbocycles. The van der Waals surface area contributed by atoms with E-state index in [-0.39, 0.29) is 11.1 Å². The van der Waals surface area contributed by atoms with Gasteiger partial charge in [-0.25, -0.2) is 10.1 Å². The Balaban J connectivity index is 1.63. The first-order valence-electron chi connectivity index (χ1n) is 11.7. The van der Waals surface area contributed by atoms with Gasteiger partial charge >= 0.3 is 0 Å². The zero-order chi connectivity index (χ0) is 25.5. The number of nitriles is 1. The van der Waals surface area contributed by atoms with Crippen molar-refractivity contribution in [2.45, 2.75) is 20.8 Å². The van der Waals surface area contributed by atoms with Gasteiger partial charge in [-0.2, -0.15) is 0 Å². The summed E-state index contributed by atoms with van der Waals surface area (Å²) in [6.45, 7) is 13.8. The van der Waals surface area contributed by atoms with Crippen LogP contribution in [0.2, 0.25) is 0 Å². The minimum Gasteiger partial charge on any atom is -0.311 e. The monoisotopic (exact) mass is 485 g/mol. The van der Waals surface area contributed by atoms with Crippen LogP contribution in [0.15, 0.2) is 124 Å². The van der Waals surface area contributed by atoms with Gasteiger partial charge in [0.1, 0.15) is 0 Å². The molecule has 0 bridgehead atoms. The van der Waals surface area contributed by atoms with E-state index >= 15 is 0 Å². The minimum atomic E-state index is -0.0775. The summed E-state index contributed by atoms with van der Waals surface area (Å²) in [6.07, 6.45) is 8.03. The SMILES string of the molecule is [C-]#[N+]/C(C#N)=C1C=C(/C=C/c2ccc(N(c3ccccc3)c3ccccc3)cc2)SC(C(C)(C)C)=C/1. The minimum absolute atomic E-state index is 0.0775. The van der Waals surface area contributed by atoms with Crippen LogP contribution in [0.3, 0.4) is 0 Å². The molecule has 1 heterocycles. The number of rotatable bonds is 5. The number of nitrogens with zero attached hydrogens (tertiary/aromatic N) is 3. The van der Waals surface area contributed by atoms with Crippen molar-refractivity contribution in [1.82, 2.24) is 0 Å². The van der Waals surface area contributed by atoms with Gasteiger partial charge in [0.05, 0.1) is 12.6 Å². The number of hydrogen-bond donors (Lipinski definition) is 0. The van der Waals surface area contributed by atoms with Crippen molar-refractivity contribution >= 4 is 34.9 Å². The average Bonchev–Trinajstić information content (AvgIpc) is 2.90. The van der Waals surface area contributed by atoms with Gasteiger partial charge in [0.15, 0.2) is 0 Å². The predicted molar refractivity (Wildman–Crippen MR) is 153 cm³/mol. The zero-order valence-corrected chi connectivity index (χ0v) is 21.5. The van der Waals surface area contributed by atoms with Crippen molar-refractivity contribution in [2.24, 2.45) is 5.41 Å². The first-order valence-corrected chi connectivity index (χ1v) is 12.5. The van der Waals surface area contributed by atoms with Gasteiger partial charge in [-0.3, -0.25) is 0 Å². The molecule has 0 fully saturated rings. The molecule has 0 saturated heterocycles. The smallest absolute Gasteiger partial charge is 0.269 e. The lowest BCUT2D eigenvalue weighted by Gasteiger charge is -2.26. The lowest BCUT2D eigenvalue weighted by atomic mass is 9.94. The second-order valence-electron chi connectivity index (χ2n) is 9.37. The van der Waals surface area contributed by atoms with Crippen molar-refractivity contribution in [1.29, 1.82) is 5.26 Å². The number of anilines is 3. The van der Waals surface area contributed by atoms with Crippen LogP contribution in [0.25, 0.3) is 10.9 Å². The van der Waals surface area contributed by atoms with Crippen molar-refractivity contribution in [3.05, 3.63) is 141 Å². The summed E-state index contributed by atoms with van der Waals surface area (Å²) in [5.41, 5.74) is 5.07. The van der Waals surface area contributed by atoms with Gasteiger partial charge in [-0.15, -0.1) is 0 Å². The molecule has 0 spiro atoms. The van der Waals surface area contributed by atoms with Gasteiger partial charge in [0, 0.05) is 22.0 Å². The van der Waals surface area contributed by atoms with Crippen molar-refractivity contribution in [2.75, 3.05) is 4.90 Å². The van der Waals surface area contributed by atoms with Crippen LogP contribution in [0.5, 0.6) is 0 Å². The molecule has 0 unspecified atom stereocenters. The lowest BCUT2D eigenvalue weighted by molar-refractivity contribution is 0.533. The maximum atomic E-state index is 9.39. The third kappa shape index (κ3) is 5.87. The maximum Gasteiger partial charge on any atom is 0.269 e. The van der Waals surface area contributed by atoms with E-state index in [2.05, 4.69) is 91.2 Å². The fourth-order valence-corrected chi connectivity index (χ4v) is 4.85. The van der Waals surface area contributed by atoms with Gasteiger partial charge in [0.2, 0.25) is 0 Å². The molecule has 4 heteroatoms. The average molecular weight is 486 g/mol. The van der Waals surface area contributed by atoms with Crippen LogP contribution in [-0.4, -0.2) is 0 Å². The molecule has 0 aromatic heterocycles. The third-order valence-corrected chi connectivity index (χ3v) is 7.10. The van der Waals surface area contributed by atoms with E-state index in [1.54, 1.807) is 11.8 Å². The number of hydrogen-bond acceptors (Lipinski definition) is 3. The molecule has 0 radical (unpaired) electrons. The normalized spacial score (nSPS) is 14.9. The van der Waals surface area contributed by atoms with E-state index in [0.717, 1.165) is 32.4 Å². The van der Waals surface area contributed by atoms with Gasteiger partial charge in [0.25, 0.3) is 5.70 Å². The second-order valence-corrected chi connectivity index (χ2v) is 10.5. The Morgan fingerprint density at radius 2 is 1.39 bits per heavy atom. The van der Waals surface area contributed by atoms with Crippen LogP contribution in [0.4, 0.5) is 17.1 Å². The highest BCUT2D eigenvalue weighted by atomic mass is 32.2. The Hall–Kier alpha value is -4.25. The van der Waals surface area contributed by atoms with Gasteiger partial charge in [-0.1, -0.05) is 99.3 Å². The first kappa shape index (κ1) is 24.9. The van der Waals surface area contributed by atoms with E-state index in [0.29, 0.717) is 5.57 Å². The molecule has 176 valence electrons. The summed E-state index contributed by atoms with van der Waals surface area (Å²) in [7, 11) is 0. The Kier molecular flexibility index (Phi) is 7.59. The Bertz CT molecular complexity index is 1370. The first-order chi connectivity index (χ1) is 17.4. The molecule has 3 nitrogen and oxygen atoms in total. The summed E-state index contributed by atoms with van der Waals surface area (Å²) in [6, 6.07) is 31.2. The highest BCUT2D eigenvalue weighted by Gasteiger charge is 2.22. The van der Waals surface area contributed by atoms with E-state index in [1.807, 2.05) is 54.6 Å². The molecular formula is C32H27N3S. The fourth-order valence-electron chi connectivity index (χ4n) is 3.78. The molecule has 36 heavy (non-hydrogen) atoms. The molecule has 0 saturated carbocycles. The van der Waals surface area contributed by atoms with Crippen molar-refractivity contribution in [3.63, 3.8) is 0 Å². The standard InChI is InChI=1S/C32H27N3S/c1-32(2,3)31-22-25(30(23-33)34-4)21-29(36-31)20-17-24-15-18-28(19-16-24)35(26-11-7-5-8-12-26)27-13-9-6-10-14-27/h5-22H,1-3H3/b20-17+,30-25-. The summed E-state index contributed by atoms with van der Waals surface area (Å²) >= 11 is 1.68. The van der Waals surface area contributed by atoms with E-state index in [4.69, 9.17) is 6.57 Å². The maximum absolute atomic E-state index is 9.39. The number of benzene rings is 3.